The molecule has 13 heavy (non-hydrogen) atoms. The molecule has 0 aromatic heterocycles. The molecule has 3 N–H and O–H groups in total. The first-order valence-corrected chi connectivity index (χ1v) is 4.91. The van der Waals surface area contributed by atoms with Gasteiger partial charge in [-0.1, -0.05) is 13.3 Å². The van der Waals surface area contributed by atoms with E-state index in [1.165, 1.54) is 6.42 Å². The van der Waals surface area contributed by atoms with E-state index in [9.17, 15) is 0 Å². The molecule has 4 nitrogen and oxygen atoms in total. The Morgan fingerprint density at radius 3 is 2.54 bits per heavy atom. The minimum Gasteiger partial charge on any atom is -0.342 e. The molecule has 1 atom stereocenters. The first-order chi connectivity index (χ1) is 6.17. The van der Waals surface area contributed by atoms with E-state index < -0.39 is 0 Å². The lowest BCUT2D eigenvalue weighted by Crippen LogP contribution is -2.46. The average molecular weight is 186 g/mol. The Morgan fingerprint density at radius 1 is 1.54 bits per heavy atom. The second-order valence-electron chi connectivity index (χ2n) is 3.19. The van der Waals surface area contributed by atoms with E-state index in [1.54, 1.807) is 0 Å². The van der Waals surface area contributed by atoms with Crippen LogP contribution in [0.15, 0.2) is 4.99 Å². The van der Waals surface area contributed by atoms with Crippen molar-refractivity contribution in [2.75, 3.05) is 13.6 Å². The molecule has 0 aliphatic heterocycles. The molecule has 0 aliphatic carbocycles. The highest BCUT2D eigenvalue weighted by Crippen LogP contribution is 2.03. The number of nitrogens with two attached hydrogens (primary N) is 1. The monoisotopic (exact) mass is 186 g/mol. The van der Waals surface area contributed by atoms with Crippen molar-refractivity contribution in [2.24, 2.45) is 10.8 Å². The van der Waals surface area contributed by atoms with Gasteiger partial charge in [-0.05, 0) is 20.3 Å². The summed E-state index contributed by atoms with van der Waals surface area (Å²) in [4.78, 5) is 6.33. The Bertz CT molecular complexity index is 156. The molecular formula is C9H22N4. The largest absolute Gasteiger partial charge is 0.342 e. The summed E-state index contributed by atoms with van der Waals surface area (Å²) in [5, 5.41) is 0. The Labute approximate surface area is 81.2 Å². The molecule has 0 amide bonds. The molecule has 1 unspecified atom stereocenters. The van der Waals surface area contributed by atoms with Gasteiger partial charge in [-0.2, -0.15) is 0 Å². The molecule has 0 aromatic carbocycles. The molecular weight excluding hydrogens is 164 g/mol. The van der Waals surface area contributed by atoms with Gasteiger partial charge in [0.25, 0.3) is 0 Å². The normalized spacial score (nSPS) is 14.1. The summed E-state index contributed by atoms with van der Waals surface area (Å²) < 4.78 is 0. The van der Waals surface area contributed by atoms with E-state index in [0.29, 0.717) is 6.04 Å². The SMILES string of the molecule is CCCC(C)N(C)C(=NCC)NN. The van der Waals surface area contributed by atoms with Crippen LogP contribution in [0, 0.1) is 0 Å². The summed E-state index contributed by atoms with van der Waals surface area (Å²) in [6, 6.07) is 0.478. The summed E-state index contributed by atoms with van der Waals surface area (Å²) >= 11 is 0. The van der Waals surface area contributed by atoms with Crippen LogP contribution in [0.2, 0.25) is 0 Å². The second-order valence-corrected chi connectivity index (χ2v) is 3.19. The van der Waals surface area contributed by atoms with Crippen molar-refractivity contribution in [1.82, 2.24) is 10.3 Å². The first-order valence-electron chi connectivity index (χ1n) is 4.91. The van der Waals surface area contributed by atoms with Crippen LogP contribution in [0.25, 0.3) is 0 Å². The summed E-state index contributed by atoms with van der Waals surface area (Å²) in [5.41, 5.74) is 2.62. The molecule has 0 aromatic rings. The van der Waals surface area contributed by atoms with Gasteiger partial charge >= 0.3 is 0 Å². The van der Waals surface area contributed by atoms with Crippen molar-refractivity contribution < 1.29 is 0 Å². The minimum absolute atomic E-state index is 0.478. The molecule has 0 rings (SSSR count). The molecule has 0 saturated heterocycles. The molecule has 4 heteroatoms. The third kappa shape index (κ3) is 4.12. The van der Waals surface area contributed by atoms with Crippen molar-refractivity contribution in [2.45, 2.75) is 39.7 Å². The Morgan fingerprint density at radius 2 is 2.15 bits per heavy atom. The molecule has 0 bridgehead atoms. The van der Waals surface area contributed by atoms with Crippen molar-refractivity contribution >= 4 is 5.96 Å². The fourth-order valence-electron chi connectivity index (χ4n) is 1.23. The van der Waals surface area contributed by atoms with Crippen LogP contribution in [0.1, 0.15) is 33.6 Å². The predicted octanol–water partition coefficient (Wildman–Crippen LogP) is 0.946. The van der Waals surface area contributed by atoms with Gasteiger partial charge in [0.2, 0.25) is 5.96 Å². The van der Waals surface area contributed by atoms with E-state index in [1.807, 2.05) is 14.0 Å². The second kappa shape index (κ2) is 6.71. The number of hydrogen-bond donors (Lipinski definition) is 2. The average Bonchev–Trinajstić information content (AvgIpc) is 2.13. The van der Waals surface area contributed by atoms with E-state index in [2.05, 4.69) is 29.2 Å². The highest BCUT2D eigenvalue weighted by atomic mass is 15.4. The highest BCUT2D eigenvalue weighted by Gasteiger charge is 2.11. The van der Waals surface area contributed by atoms with E-state index >= 15 is 0 Å². The van der Waals surface area contributed by atoms with Gasteiger partial charge < -0.3 is 4.90 Å². The third-order valence-corrected chi connectivity index (χ3v) is 2.14. The molecule has 0 fully saturated rings. The summed E-state index contributed by atoms with van der Waals surface area (Å²) in [5.74, 6) is 6.14. The molecule has 0 aliphatic rings. The van der Waals surface area contributed by atoms with Crippen molar-refractivity contribution in [3.05, 3.63) is 0 Å². The first kappa shape index (κ1) is 12.2. The Hall–Kier alpha value is -0.770. The fourth-order valence-corrected chi connectivity index (χ4v) is 1.23. The van der Waals surface area contributed by atoms with Gasteiger partial charge in [0.05, 0.1) is 0 Å². The van der Waals surface area contributed by atoms with Crippen LogP contribution in [0.4, 0.5) is 0 Å². The zero-order chi connectivity index (χ0) is 10.3. The van der Waals surface area contributed by atoms with Crippen LogP contribution in [0.3, 0.4) is 0 Å². The maximum absolute atomic E-state index is 5.37. The van der Waals surface area contributed by atoms with Crippen LogP contribution in [-0.4, -0.2) is 30.5 Å². The van der Waals surface area contributed by atoms with Crippen molar-refractivity contribution in [1.29, 1.82) is 0 Å². The topological polar surface area (TPSA) is 53.6 Å². The fraction of sp³-hybridized carbons (Fsp3) is 0.889. The van der Waals surface area contributed by atoms with E-state index in [-0.39, 0.29) is 0 Å². The molecule has 0 radical (unpaired) electrons. The maximum Gasteiger partial charge on any atom is 0.208 e. The highest BCUT2D eigenvalue weighted by molar-refractivity contribution is 5.79. The van der Waals surface area contributed by atoms with Gasteiger partial charge in [-0.25, -0.2) is 5.84 Å². The Balaban J connectivity index is 4.18. The number of guanidine groups is 1. The molecule has 0 saturated carbocycles. The number of hydrazine groups is 1. The summed E-state index contributed by atoms with van der Waals surface area (Å²) in [6.45, 7) is 7.10. The molecule has 0 heterocycles. The lowest BCUT2D eigenvalue weighted by molar-refractivity contribution is 0.355. The zero-order valence-electron chi connectivity index (χ0n) is 9.17. The lowest BCUT2D eigenvalue weighted by Gasteiger charge is -2.27. The van der Waals surface area contributed by atoms with Crippen LogP contribution < -0.4 is 11.3 Å². The number of hydrogen-bond acceptors (Lipinski definition) is 2. The quantitative estimate of drug-likeness (QED) is 0.297. The third-order valence-electron chi connectivity index (χ3n) is 2.14. The number of aliphatic imine (C=N–C) groups is 1. The van der Waals surface area contributed by atoms with Gasteiger partial charge in [-0.15, -0.1) is 0 Å². The number of nitrogens with zero attached hydrogens (tertiary/aromatic N) is 2. The predicted molar refractivity (Wildman–Crippen MR) is 57.4 cm³/mol. The van der Waals surface area contributed by atoms with Crippen molar-refractivity contribution in [3.63, 3.8) is 0 Å². The lowest BCUT2D eigenvalue weighted by atomic mass is 10.2. The maximum atomic E-state index is 5.37. The van der Waals surface area contributed by atoms with Gasteiger partial charge in [0.15, 0.2) is 0 Å². The van der Waals surface area contributed by atoms with Crippen LogP contribution >= 0.6 is 0 Å². The number of nitrogens with one attached hydrogen (secondary N) is 1. The molecule has 78 valence electrons. The van der Waals surface area contributed by atoms with Crippen LogP contribution in [-0.2, 0) is 0 Å². The van der Waals surface area contributed by atoms with E-state index in [4.69, 9.17) is 5.84 Å². The Kier molecular flexibility index (Phi) is 6.32. The standard InChI is InChI=1S/C9H22N4/c1-5-7-8(3)13(4)9(12-10)11-6-2/h8H,5-7,10H2,1-4H3,(H,11,12). The zero-order valence-corrected chi connectivity index (χ0v) is 9.17. The summed E-state index contributed by atoms with van der Waals surface area (Å²) in [6.07, 6.45) is 2.33. The smallest absolute Gasteiger partial charge is 0.208 e. The van der Waals surface area contributed by atoms with Gasteiger partial charge in [0.1, 0.15) is 0 Å². The van der Waals surface area contributed by atoms with Gasteiger partial charge in [0, 0.05) is 19.6 Å². The minimum atomic E-state index is 0.478. The molecule has 0 spiro atoms. The van der Waals surface area contributed by atoms with Crippen molar-refractivity contribution in [3.8, 4) is 0 Å². The summed E-state index contributed by atoms with van der Waals surface area (Å²) in [7, 11) is 2.01. The van der Waals surface area contributed by atoms with E-state index in [0.717, 1.165) is 18.9 Å². The number of rotatable bonds is 4. The van der Waals surface area contributed by atoms with Gasteiger partial charge in [-0.3, -0.25) is 10.4 Å². The van der Waals surface area contributed by atoms with Crippen LogP contribution in [0.5, 0.6) is 0 Å².